The van der Waals surface area contributed by atoms with Crippen LogP contribution in [0.1, 0.15) is 106 Å². The molecule has 0 spiro atoms. The maximum Gasteiger partial charge on any atom is 0.156 e. The fourth-order valence-electron chi connectivity index (χ4n) is 7.41. The van der Waals surface area contributed by atoms with Crippen LogP contribution in [-0.2, 0) is 4.79 Å². The predicted octanol–water partition coefficient (Wildman–Crippen LogP) is 8.87. The largest absolute Gasteiger partial charge is 0.508 e. The van der Waals surface area contributed by atoms with Crippen molar-refractivity contribution in [3.05, 3.63) is 64.8 Å². The van der Waals surface area contributed by atoms with Crippen molar-refractivity contribution in [3.63, 3.8) is 0 Å². The number of carbonyl (C=O) groups is 1. The van der Waals surface area contributed by atoms with Crippen LogP contribution in [0.5, 0.6) is 5.75 Å². The smallest absolute Gasteiger partial charge is 0.156 e. The van der Waals surface area contributed by atoms with E-state index in [9.17, 15) is 15.0 Å². The van der Waals surface area contributed by atoms with Gasteiger partial charge in [0.1, 0.15) is 5.75 Å². The SMILES string of the molecule is C.C.C.C.C/C=C/C[C@]1(O)CC[C@H]2[C@@H]3CCC4=CC(=O)CCC4=C3[C@@H](c3ccc(O)cc3)C[C@@]21C.S.S.S. The highest BCUT2D eigenvalue weighted by Gasteiger charge is 2.62. The zero-order valence-corrected chi connectivity index (χ0v) is 23.2. The Hall–Kier alpha value is -1.08. The topological polar surface area (TPSA) is 57.5 Å². The third-order valence-electron chi connectivity index (χ3n) is 9.04. The Kier molecular flexibility index (Phi) is 17.0. The minimum atomic E-state index is -0.672. The van der Waals surface area contributed by atoms with Crippen molar-refractivity contribution in [3.8, 4) is 5.75 Å². The number of aromatic hydroxyl groups is 1. The van der Waals surface area contributed by atoms with Gasteiger partial charge in [0, 0.05) is 17.8 Å². The van der Waals surface area contributed by atoms with Crippen LogP contribution in [0.2, 0.25) is 0 Å². The molecule has 2 saturated carbocycles. The molecule has 0 saturated heterocycles. The normalized spacial score (nSPS) is 30.6. The zero-order valence-electron chi connectivity index (χ0n) is 20.2. The molecule has 5 atom stereocenters. The van der Waals surface area contributed by atoms with E-state index in [1.807, 2.05) is 13.0 Å². The van der Waals surface area contributed by atoms with Gasteiger partial charge >= 0.3 is 0 Å². The fourth-order valence-corrected chi connectivity index (χ4v) is 7.41. The lowest BCUT2D eigenvalue weighted by molar-refractivity contribution is -0.114. The van der Waals surface area contributed by atoms with Crippen LogP contribution < -0.4 is 0 Å². The molecule has 0 unspecified atom stereocenters. The molecule has 4 aliphatic carbocycles. The van der Waals surface area contributed by atoms with E-state index >= 15 is 0 Å². The molecule has 0 amide bonds. The van der Waals surface area contributed by atoms with Gasteiger partial charge in [-0.3, -0.25) is 4.79 Å². The van der Waals surface area contributed by atoms with E-state index in [-0.39, 0.29) is 93.1 Å². The monoisotopic (exact) mass is 584 g/mol. The standard InChI is InChI=1S/C28H34O3.4CH4.3H2S/c1-3-4-14-28(31)15-13-25-23-11-7-19-16-21(30)10-12-22(19)26(23)24(17-27(25,28)2)18-5-8-20(29)9-6-18;;;;;;;/h3-6,8-9,16,23-25,29,31H,7,10-15,17H2,1-2H3;4*1H4;3*1H2/b4-3+;;;;;;;/t23-,24+,25-,27-,28-;;;;;;;/m0......./s1. The maximum atomic E-state index is 12.1. The second-order valence-electron chi connectivity index (χ2n) is 10.4. The Balaban J connectivity index is -0.00000175. The van der Waals surface area contributed by atoms with Gasteiger partial charge < -0.3 is 10.2 Å². The summed E-state index contributed by atoms with van der Waals surface area (Å²) in [4.78, 5) is 12.1. The first-order chi connectivity index (χ1) is 14.9. The summed E-state index contributed by atoms with van der Waals surface area (Å²) in [5, 5.41) is 21.8. The number of rotatable bonds is 3. The molecule has 0 radical (unpaired) electrons. The quantitative estimate of drug-likeness (QED) is 0.349. The average molecular weight is 585 g/mol. The third kappa shape index (κ3) is 6.62. The van der Waals surface area contributed by atoms with Gasteiger partial charge in [0.05, 0.1) is 5.60 Å². The van der Waals surface area contributed by atoms with Crippen molar-refractivity contribution >= 4 is 46.3 Å². The first-order valence-electron chi connectivity index (χ1n) is 12.0. The number of hydrogen-bond donors (Lipinski definition) is 2. The molecule has 1 aromatic rings. The summed E-state index contributed by atoms with van der Waals surface area (Å²) in [6.45, 7) is 4.36. The molecular formula is C32H56O3S3. The molecule has 4 aliphatic rings. The Morgan fingerprint density at radius 2 is 1.61 bits per heavy atom. The van der Waals surface area contributed by atoms with Crippen LogP contribution in [0.3, 0.4) is 0 Å². The van der Waals surface area contributed by atoms with Crippen LogP contribution in [0, 0.1) is 17.3 Å². The summed E-state index contributed by atoms with van der Waals surface area (Å²) >= 11 is 0. The molecular weight excluding hydrogens is 529 g/mol. The summed E-state index contributed by atoms with van der Waals surface area (Å²) in [6.07, 6.45) is 13.2. The van der Waals surface area contributed by atoms with E-state index in [0.29, 0.717) is 18.3 Å². The maximum absolute atomic E-state index is 12.1. The number of aliphatic hydroxyl groups is 1. The van der Waals surface area contributed by atoms with E-state index in [1.54, 1.807) is 12.1 Å². The first-order valence-corrected chi connectivity index (χ1v) is 12.0. The van der Waals surface area contributed by atoms with Crippen molar-refractivity contribution < 1.29 is 15.0 Å². The average Bonchev–Trinajstić information content (AvgIpc) is 3.02. The van der Waals surface area contributed by atoms with Crippen molar-refractivity contribution in [2.75, 3.05) is 0 Å². The molecule has 3 nitrogen and oxygen atoms in total. The number of hydrogen-bond acceptors (Lipinski definition) is 3. The second-order valence-corrected chi connectivity index (χ2v) is 10.4. The van der Waals surface area contributed by atoms with E-state index < -0.39 is 5.60 Å². The first kappa shape index (κ1) is 41.4. The molecule has 5 rings (SSSR count). The Morgan fingerprint density at radius 3 is 2.21 bits per heavy atom. The molecule has 0 bridgehead atoms. The Bertz CT molecular complexity index is 998. The molecule has 0 aliphatic heterocycles. The highest BCUT2D eigenvalue weighted by Crippen LogP contribution is 2.67. The molecule has 1 aromatic carbocycles. The van der Waals surface area contributed by atoms with Crippen molar-refractivity contribution in [1.82, 2.24) is 0 Å². The predicted molar refractivity (Wildman–Crippen MR) is 181 cm³/mol. The van der Waals surface area contributed by atoms with Crippen molar-refractivity contribution in [2.45, 2.75) is 106 Å². The third-order valence-corrected chi connectivity index (χ3v) is 9.04. The van der Waals surface area contributed by atoms with Gasteiger partial charge in [-0.05, 0) is 98.6 Å². The summed E-state index contributed by atoms with van der Waals surface area (Å²) in [5.74, 6) is 1.74. The molecule has 2 fully saturated rings. The summed E-state index contributed by atoms with van der Waals surface area (Å²) in [5.41, 5.74) is 4.64. The lowest BCUT2D eigenvalue weighted by Crippen LogP contribution is -2.51. The molecule has 220 valence electrons. The molecule has 0 aromatic heterocycles. The van der Waals surface area contributed by atoms with E-state index in [0.717, 1.165) is 44.9 Å². The van der Waals surface area contributed by atoms with Gasteiger partial charge in [-0.2, -0.15) is 40.5 Å². The number of phenolic OH excluding ortho intramolecular Hbond substituents is 1. The zero-order chi connectivity index (χ0) is 21.8. The van der Waals surface area contributed by atoms with Crippen LogP contribution in [-0.4, -0.2) is 21.6 Å². The Labute approximate surface area is 254 Å². The molecule has 6 heteroatoms. The second kappa shape index (κ2) is 15.6. The molecule has 38 heavy (non-hydrogen) atoms. The summed E-state index contributed by atoms with van der Waals surface area (Å²) in [7, 11) is 0. The van der Waals surface area contributed by atoms with Crippen LogP contribution in [0.15, 0.2) is 59.2 Å². The van der Waals surface area contributed by atoms with Crippen LogP contribution in [0.4, 0.5) is 0 Å². The summed E-state index contributed by atoms with van der Waals surface area (Å²) in [6, 6.07) is 7.68. The number of fused-ring (bicyclic) bond motifs is 4. The Morgan fingerprint density at radius 1 is 0.974 bits per heavy atom. The van der Waals surface area contributed by atoms with Gasteiger partial charge in [0.25, 0.3) is 0 Å². The molecule has 0 heterocycles. The summed E-state index contributed by atoms with van der Waals surface area (Å²) < 4.78 is 0. The highest BCUT2D eigenvalue weighted by molar-refractivity contribution is 7.59. The van der Waals surface area contributed by atoms with Gasteiger partial charge in [-0.1, -0.05) is 66.5 Å². The lowest BCUT2D eigenvalue weighted by Gasteiger charge is -2.55. The number of carbonyl (C=O) groups excluding carboxylic acids is 1. The minimum Gasteiger partial charge on any atom is -0.508 e. The number of phenols is 1. The lowest BCUT2D eigenvalue weighted by atomic mass is 9.51. The number of allylic oxidation sites excluding steroid dienone is 5. The van der Waals surface area contributed by atoms with Gasteiger partial charge in [0.15, 0.2) is 5.78 Å². The van der Waals surface area contributed by atoms with Gasteiger partial charge in [-0.25, -0.2) is 0 Å². The highest BCUT2D eigenvalue weighted by atomic mass is 32.1. The van der Waals surface area contributed by atoms with Gasteiger partial charge in [0.2, 0.25) is 0 Å². The van der Waals surface area contributed by atoms with Crippen LogP contribution in [0.25, 0.3) is 0 Å². The number of benzene rings is 1. The van der Waals surface area contributed by atoms with E-state index in [2.05, 4.69) is 31.2 Å². The van der Waals surface area contributed by atoms with Gasteiger partial charge in [-0.15, -0.1) is 0 Å². The van der Waals surface area contributed by atoms with Crippen LogP contribution >= 0.6 is 40.5 Å². The van der Waals surface area contributed by atoms with E-state index in [4.69, 9.17) is 0 Å². The van der Waals surface area contributed by atoms with Crippen molar-refractivity contribution in [2.24, 2.45) is 17.3 Å². The van der Waals surface area contributed by atoms with Crippen molar-refractivity contribution in [1.29, 1.82) is 0 Å². The van der Waals surface area contributed by atoms with E-state index in [1.165, 1.54) is 22.3 Å². The number of ketones is 1. The minimum absolute atomic E-state index is 0. The molecule has 2 N–H and O–H groups in total. The fraction of sp³-hybridized carbons (Fsp3) is 0.594.